The maximum absolute atomic E-state index is 10.2. The van der Waals surface area contributed by atoms with Crippen molar-refractivity contribution in [3.8, 4) is 0 Å². The molecule has 0 spiro atoms. The minimum absolute atomic E-state index is 0.103. The fourth-order valence-corrected chi connectivity index (χ4v) is 9.48. The van der Waals surface area contributed by atoms with E-state index in [0.717, 1.165) is 29.5 Å². The monoisotopic (exact) mass is 831 g/mol. The van der Waals surface area contributed by atoms with Gasteiger partial charge in [-0.25, -0.2) is 0 Å². The molecule has 60 heavy (non-hydrogen) atoms. The van der Waals surface area contributed by atoms with Crippen molar-refractivity contribution in [1.29, 1.82) is 0 Å². The Bertz CT molecular complexity index is 1870. The van der Waals surface area contributed by atoms with Crippen molar-refractivity contribution < 1.29 is 56.8 Å². The van der Waals surface area contributed by atoms with Gasteiger partial charge in [0.05, 0.1) is 26.4 Å². The summed E-state index contributed by atoms with van der Waals surface area (Å²) in [5, 5.41) is 4.33. The second kappa shape index (κ2) is 18.9. The molecule has 8 rings (SSSR count). The van der Waals surface area contributed by atoms with E-state index in [1.54, 1.807) is 21.3 Å². The van der Waals surface area contributed by atoms with Gasteiger partial charge in [0, 0.05) is 39.1 Å². The molecule has 15 nitrogen and oxygen atoms in total. The molecule has 3 aliphatic heterocycles. The van der Waals surface area contributed by atoms with E-state index >= 15 is 0 Å². The molecule has 3 aromatic carbocycles. The summed E-state index contributed by atoms with van der Waals surface area (Å²) < 4.78 is 79.8. The van der Waals surface area contributed by atoms with Crippen LogP contribution >= 0.6 is 0 Å². The first-order chi connectivity index (χ1) is 29.2. The molecular formula is C45H57N3O12. The lowest BCUT2D eigenvalue weighted by Gasteiger charge is -2.61. The molecule has 5 fully saturated rings. The number of ether oxygens (including phenoxy) is 12. The Hall–Kier alpha value is -3.51. The van der Waals surface area contributed by atoms with E-state index in [1.807, 2.05) is 105 Å². The molecule has 0 bridgehead atoms. The van der Waals surface area contributed by atoms with Gasteiger partial charge >= 0.3 is 0 Å². The summed E-state index contributed by atoms with van der Waals surface area (Å²) in [4.78, 5) is 3.31. The number of azide groups is 1. The molecule has 0 amide bonds. The minimum atomic E-state index is -1.27. The molecule has 2 aliphatic carbocycles. The Morgan fingerprint density at radius 3 is 1.63 bits per heavy atom. The molecule has 3 aromatic rings. The molecule has 0 N–H and O–H groups in total. The molecule has 2 saturated carbocycles. The van der Waals surface area contributed by atoms with E-state index in [1.165, 1.54) is 0 Å². The molecule has 5 aliphatic rings. The SMILES string of the molecule is CO[C@@H]1[C@H]2OC(C)(C)O[C@H]2[C@H](O[C@@H]2O[C@H](COCc3ccccc3)[C@@H](OCc3ccccc3)[C@H](OCc3ccccc3)[C@H]2N=[N+]=[N-])[C@@H]2O[C@@]3(OC)CCCC[C@]3(OC)O[C@@H]12. The largest absolute Gasteiger partial charge is 0.376 e. The second-order valence-electron chi connectivity index (χ2n) is 16.4. The third-order valence-corrected chi connectivity index (χ3v) is 12.3. The molecule has 0 unspecified atom stereocenters. The van der Waals surface area contributed by atoms with E-state index < -0.39 is 84.6 Å². The highest BCUT2D eigenvalue weighted by atomic mass is 16.8. The van der Waals surface area contributed by atoms with Gasteiger partial charge in [0.15, 0.2) is 12.1 Å². The van der Waals surface area contributed by atoms with Crippen LogP contribution in [0.3, 0.4) is 0 Å². The van der Waals surface area contributed by atoms with E-state index in [-0.39, 0.29) is 19.8 Å². The van der Waals surface area contributed by atoms with Gasteiger partial charge in [0.2, 0.25) is 11.6 Å². The first-order valence-electron chi connectivity index (χ1n) is 20.8. The van der Waals surface area contributed by atoms with E-state index in [4.69, 9.17) is 56.8 Å². The predicted octanol–water partition coefficient (Wildman–Crippen LogP) is 6.76. The highest BCUT2D eigenvalue weighted by molar-refractivity contribution is 5.17. The molecule has 3 saturated heterocycles. The van der Waals surface area contributed by atoms with E-state index in [2.05, 4.69) is 10.0 Å². The van der Waals surface area contributed by atoms with Crippen LogP contribution in [0.4, 0.5) is 0 Å². The Kier molecular flexibility index (Phi) is 13.6. The Morgan fingerprint density at radius 2 is 1.12 bits per heavy atom. The number of benzene rings is 3. The number of nitrogens with zero attached hydrogens (tertiary/aromatic N) is 3. The van der Waals surface area contributed by atoms with Gasteiger partial charge in [0.1, 0.15) is 61.0 Å². The number of hydrogen-bond donors (Lipinski definition) is 0. The van der Waals surface area contributed by atoms with Crippen LogP contribution < -0.4 is 0 Å². The zero-order valence-corrected chi connectivity index (χ0v) is 34.9. The Labute approximate surface area is 351 Å². The van der Waals surface area contributed by atoms with E-state index in [9.17, 15) is 5.53 Å². The summed E-state index contributed by atoms with van der Waals surface area (Å²) >= 11 is 0. The molecule has 13 atom stereocenters. The smallest absolute Gasteiger partial charge is 0.223 e. The lowest BCUT2D eigenvalue weighted by molar-refractivity contribution is -0.491. The van der Waals surface area contributed by atoms with Gasteiger partial charge in [-0.3, -0.25) is 0 Å². The van der Waals surface area contributed by atoms with Gasteiger partial charge in [0.25, 0.3) is 0 Å². The van der Waals surface area contributed by atoms with Crippen LogP contribution in [-0.4, -0.2) is 113 Å². The van der Waals surface area contributed by atoms with Crippen molar-refractivity contribution in [1.82, 2.24) is 0 Å². The van der Waals surface area contributed by atoms with Crippen LogP contribution in [0.15, 0.2) is 96.1 Å². The highest BCUT2D eigenvalue weighted by Crippen LogP contribution is 2.54. The van der Waals surface area contributed by atoms with Crippen LogP contribution in [0.25, 0.3) is 10.4 Å². The van der Waals surface area contributed by atoms with Gasteiger partial charge in [-0.2, -0.15) is 0 Å². The summed E-state index contributed by atoms with van der Waals surface area (Å²) in [6.07, 6.45) is -5.36. The van der Waals surface area contributed by atoms with Crippen molar-refractivity contribution in [3.05, 3.63) is 118 Å². The van der Waals surface area contributed by atoms with Crippen molar-refractivity contribution in [2.45, 2.75) is 144 Å². The summed E-state index contributed by atoms with van der Waals surface area (Å²) in [5.41, 5.74) is 13.1. The third-order valence-electron chi connectivity index (χ3n) is 12.3. The van der Waals surface area contributed by atoms with Crippen LogP contribution in [0, 0.1) is 0 Å². The highest BCUT2D eigenvalue weighted by Gasteiger charge is 2.70. The quantitative estimate of drug-likeness (QED) is 0.0850. The number of hydrogen-bond acceptors (Lipinski definition) is 13. The van der Waals surface area contributed by atoms with Crippen LogP contribution in [0.1, 0.15) is 56.2 Å². The van der Waals surface area contributed by atoms with Gasteiger partial charge in [-0.1, -0.05) is 96.1 Å². The second-order valence-corrected chi connectivity index (χ2v) is 16.4. The van der Waals surface area contributed by atoms with Crippen molar-refractivity contribution in [2.24, 2.45) is 5.11 Å². The first-order valence-corrected chi connectivity index (χ1v) is 20.8. The Morgan fingerprint density at radius 1 is 0.633 bits per heavy atom. The van der Waals surface area contributed by atoms with Crippen LogP contribution in [0.2, 0.25) is 0 Å². The number of rotatable bonds is 16. The topological polar surface area (TPSA) is 160 Å². The average molecular weight is 832 g/mol. The normalized spacial score (nSPS) is 37.0. The van der Waals surface area contributed by atoms with Crippen molar-refractivity contribution in [3.63, 3.8) is 0 Å². The van der Waals surface area contributed by atoms with Crippen LogP contribution in [-0.2, 0) is 76.7 Å². The maximum atomic E-state index is 10.2. The minimum Gasteiger partial charge on any atom is -0.376 e. The Balaban J connectivity index is 1.17. The number of methoxy groups -OCH3 is 3. The zero-order valence-electron chi connectivity index (χ0n) is 34.9. The van der Waals surface area contributed by atoms with E-state index in [0.29, 0.717) is 19.4 Å². The fourth-order valence-electron chi connectivity index (χ4n) is 9.48. The predicted molar refractivity (Wildman–Crippen MR) is 215 cm³/mol. The molecule has 0 radical (unpaired) electrons. The summed E-state index contributed by atoms with van der Waals surface area (Å²) in [7, 11) is 4.82. The lowest BCUT2D eigenvalue weighted by Crippen LogP contribution is -2.77. The summed E-state index contributed by atoms with van der Waals surface area (Å²) in [5.74, 6) is -3.51. The average Bonchev–Trinajstić information content (AvgIpc) is 3.60. The van der Waals surface area contributed by atoms with Crippen molar-refractivity contribution in [2.75, 3.05) is 27.9 Å². The van der Waals surface area contributed by atoms with Gasteiger partial charge < -0.3 is 56.8 Å². The molecule has 3 heterocycles. The summed E-state index contributed by atoms with van der Waals surface area (Å²) in [6, 6.07) is 28.5. The lowest BCUT2D eigenvalue weighted by atomic mass is 9.79. The number of fused-ring (bicyclic) bond motifs is 3. The van der Waals surface area contributed by atoms with Gasteiger partial charge in [-0.15, -0.1) is 0 Å². The van der Waals surface area contributed by atoms with Crippen molar-refractivity contribution >= 4 is 0 Å². The maximum Gasteiger partial charge on any atom is 0.223 e. The molecule has 15 heteroatoms. The summed E-state index contributed by atoms with van der Waals surface area (Å²) in [6.45, 7) is 4.55. The molecule has 0 aromatic heterocycles. The molecule has 324 valence electrons. The van der Waals surface area contributed by atoms with Gasteiger partial charge in [-0.05, 0) is 48.9 Å². The molecular weight excluding hydrogens is 775 g/mol. The third kappa shape index (κ3) is 8.75. The fraction of sp³-hybridized carbons (Fsp3) is 0.600. The zero-order chi connectivity index (χ0) is 41.7. The standard InChI is InChI=1S/C45H57N3O12/c1-43(2)57-38-36(49-3)39-41(60-45(51-5)24-16-15-23-44(45,50-4)59-39)37(40(38)58-43)56-42-33(47-48-46)35(54-27-31-21-13-8-14-22-31)34(53-26-30-19-11-7-12-20-30)32(55-42)28-52-25-29-17-9-6-10-18-29/h6-14,17-22,32-42H,15-16,23-28H2,1-5H3/t32-,33-,34-,35-,36-,37+,38-,39+,40+,41+,42+,44+,45+/m1/s1. The van der Waals surface area contributed by atoms with Crippen LogP contribution in [0.5, 0.6) is 0 Å². The first kappa shape index (κ1) is 43.2.